The maximum atomic E-state index is 15.0. The van der Waals surface area contributed by atoms with Gasteiger partial charge in [0.1, 0.15) is 36.3 Å². The number of hydrogen-bond acceptors (Lipinski definition) is 22. The molecule has 7 aliphatic rings. The second-order valence-corrected chi connectivity index (χ2v) is 39.6. The van der Waals surface area contributed by atoms with E-state index in [9.17, 15) is 43.2 Å². The first-order valence-corrected chi connectivity index (χ1v) is 46.7. The highest BCUT2D eigenvalue weighted by molar-refractivity contribution is 6.05. The number of likely N-dealkylation sites (tertiary alicyclic amines) is 3. The standard InChI is InChI=1S/C96H134N24O12/c1-55(97-13)82(121)106-79(94(4,5)6)91(130)115-52-67(46-76(115)88(127)103-73-34-22-28-58-25-16-19-31-70(58)73)118-49-64(109-112-118)37-40-100-85(124)61-43-62(86(125)101-41-38-65-50-119(113-110-65)68-47-77(89(128)104-74-35-23-29-59-26-17-20-32-71(59)74)116(53-68)92(131)80(95(7,8)9)107-83(122)56(2)98-14)45-63(44-61)87(126)102-42-39-66-51-120(114-111-66)69-48-78(90(129)105-75-36-24-30-60-27-18-21-33-72(60)75)117(54-69)93(132)81(96(10,11)12)108-84(123)57(3)99-15/h16-21,25-27,31-33,43-45,49-51,55-57,67-69,73-81,97-99,109,112H,22-24,28-30,34-42,46-48,52-54H2,1-15H3,(H,100,124)(H,101,125)(H,102,126)(H,103,127)(H,104,128)(H,105,129)(H,106,121)(H,107,122)(H,108,123)/t55?,56-,57-,67-,68-,69-,73+,74+,75+,76-,77-,78-,79+,80+,81+/m0/s1. The molecule has 3 fully saturated rings. The zero-order chi connectivity index (χ0) is 94.8. The minimum Gasteiger partial charge on any atom is -0.352 e. The van der Waals surface area contributed by atoms with Gasteiger partial charge in [-0.1, -0.05) is 146 Å². The number of rotatable bonds is 33. The minimum absolute atomic E-state index is 0.0134. The van der Waals surface area contributed by atoms with Gasteiger partial charge in [-0.3, -0.25) is 62.5 Å². The van der Waals surface area contributed by atoms with E-state index in [4.69, 9.17) is 0 Å². The van der Waals surface area contributed by atoms with E-state index in [1.165, 1.54) is 18.2 Å². The van der Waals surface area contributed by atoms with Crippen molar-refractivity contribution >= 4 is 70.9 Å². The number of aromatic nitrogens is 6. The summed E-state index contributed by atoms with van der Waals surface area (Å²) < 4.78 is 3.25. The highest BCUT2D eigenvalue weighted by Crippen LogP contribution is 2.39. The van der Waals surface area contributed by atoms with Crippen LogP contribution >= 0.6 is 0 Å². The van der Waals surface area contributed by atoms with Crippen LogP contribution in [0.15, 0.2) is 115 Å². The summed E-state index contributed by atoms with van der Waals surface area (Å²) >= 11 is 0. The summed E-state index contributed by atoms with van der Waals surface area (Å²) in [6.07, 6.45) is 13.9. The lowest BCUT2D eigenvalue weighted by atomic mass is 9.85. The Morgan fingerprint density at radius 3 is 1.06 bits per heavy atom. The van der Waals surface area contributed by atoms with E-state index in [0.717, 1.165) is 91.2 Å². The summed E-state index contributed by atoms with van der Waals surface area (Å²) in [5.41, 5.74) is 12.3. The lowest BCUT2D eigenvalue weighted by Crippen LogP contribution is -2.59. The second kappa shape index (κ2) is 42.3. The molecular weight excluding hydrogens is 1680 g/mol. The maximum Gasteiger partial charge on any atom is 0.251 e. The molecule has 132 heavy (non-hydrogen) atoms. The van der Waals surface area contributed by atoms with Gasteiger partial charge in [0.2, 0.25) is 53.2 Å². The van der Waals surface area contributed by atoms with E-state index in [0.29, 0.717) is 17.1 Å². The number of amides is 12. The van der Waals surface area contributed by atoms with Crippen molar-refractivity contribution in [2.45, 2.75) is 270 Å². The van der Waals surface area contributed by atoms with E-state index < -0.39 is 124 Å². The molecule has 13 rings (SSSR count). The van der Waals surface area contributed by atoms with Gasteiger partial charge in [0.15, 0.2) is 0 Å². The van der Waals surface area contributed by atoms with Gasteiger partial charge in [0.05, 0.1) is 65.8 Å². The molecule has 3 saturated heterocycles. The van der Waals surface area contributed by atoms with Crippen molar-refractivity contribution in [1.82, 2.24) is 124 Å². The van der Waals surface area contributed by atoms with Gasteiger partial charge < -0.3 is 83.9 Å². The first-order chi connectivity index (χ1) is 62.9. The van der Waals surface area contributed by atoms with Gasteiger partial charge >= 0.3 is 0 Å². The predicted molar refractivity (Wildman–Crippen MR) is 494 cm³/mol. The SMILES string of the molecule is CNC(C)C(=O)N[C@H](C(=O)N1C[C@@H](N2C=C(CCNC(=O)c3cc(C(=O)NCCc4cn([C@H]5C[C@@H](C(=O)N[C@@H]6CCCc7ccccc76)N(C(=O)[C@@H](NC(=O)[C@H](C)NC)C(C)(C)C)C5)nn4)cc(C(=O)NCCc4cn([C@H]5C[C@@H](C(=O)N[C@@H]6CCCc7ccccc76)N(C(=O)[C@@H](NC(=O)[C@H](C)NC)C(C)(C)C)C5)nn4)c3)NN2)C[C@H]1C(=O)N[C@@H]1CCCc2ccccc21)C(C)(C)C. The number of nitrogens with one attached hydrogen (secondary N) is 14. The Labute approximate surface area is 772 Å². The molecule has 3 aliphatic carbocycles. The van der Waals surface area contributed by atoms with E-state index in [2.05, 4.69) is 114 Å². The van der Waals surface area contributed by atoms with Crippen molar-refractivity contribution in [3.8, 4) is 0 Å². The number of hydrogen-bond donors (Lipinski definition) is 14. The smallest absolute Gasteiger partial charge is 0.251 e. The van der Waals surface area contributed by atoms with Gasteiger partial charge in [-0.2, -0.15) is 0 Å². The topological polar surface area (TPSA) is 448 Å². The summed E-state index contributed by atoms with van der Waals surface area (Å²) in [6.45, 7) is 22.2. The molecule has 710 valence electrons. The summed E-state index contributed by atoms with van der Waals surface area (Å²) in [5, 5.41) is 56.2. The van der Waals surface area contributed by atoms with Crippen LogP contribution in [-0.4, -0.2) is 241 Å². The number of benzene rings is 4. The molecule has 12 amide bonds. The van der Waals surface area contributed by atoms with Gasteiger partial charge in [0, 0.05) is 119 Å². The van der Waals surface area contributed by atoms with Crippen LogP contribution in [0.4, 0.5) is 0 Å². The van der Waals surface area contributed by atoms with E-state index in [1.54, 1.807) is 83.4 Å². The fraction of sp³-hybridized carbons (Fsp3) is 0.562. The van der Waals surface area contributed by atoms with Gasteiger partial charge in [-0.25, -0.2) is 9.36 Å². The van der Waals surface area contributed by atoms with Crippen molar-refractivity contribution < 1.29 is 57.5 Å². The molecule has 36 nitrogen and oxygen atoms in total. The summed E-state index contributed by atoms with van der Waals surface area (Å²) in [4.78, 5) is 178. The van der Waals surface area contributed by atoms with E-state index >= 15 is 14.4 Å². The third-order valence-corrected chi connectivity index (χ3v) is 27.0. The number of carbonyl (C=O) groups excluding carboxylic acids is 12. The highest BCUT2D eigenvalue weighted by Gasteiger charge is 2.51. The Balaban J connectivity index is 0.709. The zero-order valence-electron chi connectivity index (χ0n) is 78.8. The lowest BCUT2D eigenvalue weighted by molar-refractivity contribution is -0.144. The monoisotopic (exact) mass is 1820 g/mol. The largest absolute Gasteiger partial charge is 0.352 e. The molecule has 0 spiro atoms. The molecule has 6 aromatic rings. The van der Waals surface area contributed by atoms with Crippen LogP contribution in [0, 0.1) is 16.2 Å². The molecule has 2 aromatic heterocycles. The van der Waals surface area contributed by atoms with Crippen molar-refractivity contribution in [2.24, 2.45) is 16.2 Å². The van der Waals surface area contributed by atoms with Crippen molar-refractivity contribution in [3.63, 3.8) is 0 Å². The van der Waals surface area contributed by atoms with Crippen molar-refractivity contribution in [3.05, 3.63) is 177 Å². The Morgan fingerprint density at radius 2 is 0.735 bits per heavy atom. The molecule has 4 aliphatic heterocycles. The quantitative estimate of drug-likeness (QED) is 0.0272. The molecule has 1 unspecified atom stereocenters. The maximum absolute atomic E-state index is 15.0. The molecular formula is C96H134N24O12. The van der Waals surface area contributed by atoms with Crippen LogP contribution in [0.1, 0.15) is 253 Å². The first-order valence-electron chi connectivity index (χ1n) is 46.7. The van der Waals surface area contributed by atoms with Crippen molar-refractivity contribution in [2.75, 3.05) is 60.4 Å². The van der Waals surface area contributed by atoms with E-state index in [1.807, 2.05) is 123 Å². The average Bonchev–Trinajstić information content (AvgIpc) is 1.64. The minimum atomic E-state index is -0.999. The third kappa shape index (κ3) is 23.2. The normalized spacial score (nSPS) is 22.0. The number of hydrazine groups is 2. The number of fused-ring (bicyclic) bond motifs is 3. The van der Waals surface area contributed by atoms with Crippen LogP contribution in [0.2, 0.25) is 0 Å². The summed E-state index contributed by atoms with van der Waals surface area (Å²) in [6, 6.07) is 18.4. The molecule has 14 N–H and O–H groups in total. The number of nitrogens with zero attached hydrogens (tertiary/aromatic N) is 10. The zero-order valence-corrected chi connectivity index (χ0v) is 78.8. The summed E-state index contributed by atoms with van der Waals surface area (Å²) in [7, 11) is 4.98. The Kier molecular flexibility index (Phi) is 31.2. The molecule has 36 heteroatoms. The Hall–Kier alpha value is -12.0. The molecule has 0 saturated carbocycles. The number of carbonyl (C=O) groups is 12. The van der Waals surface area contributed by atoms with Crippen LogP contribution in [-0.2, 0) is 75.3 Å². The fourth-order valence-electron chi connectivity index (χ4n) is 18.8. The summed E-state index contributed by atoms with van der Waals surface area (Å²) in [5.74, 6) is -5.16. The molecule has 0 radical (unpaired) electrons. The second-order valence-electron chi connectivity index (χ2n) is 39.6. The molecule has 15 atom stereocenters. The highest BCUT2D eigenvalue weighted by atomic mass is 16.2. The van der Waals surface area contributed by atoms with Gasteiger partial charge in [0.25, 0.3) is 17.7 Å². The molecule has 0 bridgehead atoms. The number of likely N-dealkylation sites (N-methyl/N-ethyl adjacent to an activating group) is 3. The van der Waals surface area contributed by atoms with Crippen LogP contribution in [0.3, 0.4) is 0 Å². The van der Waals surface area contributed by atoms with E-state index in [-0.39, 0.29) is 148 Å². The van der Waals surface area contributed by atoms with Crippen molar-refractivity contribution in [1.29, 1.82) is 0 Å². The van der Waals surface area contributed by atoms with Crippen LogP contribution < -0.4 is 74.8 Å². The van der Waals surface area contributed by atoms with Crippen LogP contribution in [0.25, 0.3) is 0 Å². The lowest BCUT2D eigenvalue weighted by Gasteiger charge is -2.36. The number of aryl methyl sites for hydroxylation is 3. The Morgan fingerprint density at radius 1 is 0.424 bits per heavy atom. The molecule has 4 aromatic carbocycles. The Bertz CT molecular complexity index is 5040. The predicted octanol–water partition coefficient (Wildman–Crippen LogP) is 4.35. The average molecular weight is 1820 g/mol. The fourth-order valence-corrected chi connectivity index (χ4v) is 18.8. The first kappa shape index (κ1) is 97.5. The molecule has 6 heterocycles. The third-order valence-electron chi connectivity index (χ3n) is 27.0. The van der Waals surface area contributed by atoms with Crippen LogP contribution in [0.5, 0.6) is 0 Å². The van der Waals surface area contributed by atoms with Gasteiger partial charge in [-0.05, 0) is 168 Å². The van der Waals surface area contributed by atoms with Gasteiger partial charge in [-0.15, -0.1) is 15.7 Å².